The van der Waals surface area contributed by atoms with E-state index in [2.05, 4.69) is 0 Å². The highest BCUT2D eigenvalue weighted by Crippen LogP contribution is 2.56. The van der Waals surface area contributed by atoms with Crippen molar-refractivity contribution in [3.63, 3.8) is 0 Å². The maximum absolute atomic E-state index is 16.2. The summed E-state index contributed by atoms with van der Waals surface area (Å²) in [7, 11) is 0. The number of carbonyl (C=O) groups is 2. The second-order valence-electron chi connectivity index (χ2n) is 7.61. The molecule has 1 aromatic heterocycles. The van der Waals surface area contributed by atoms with E-state index in [-0.39, 0.29) is 16.7 Å². The number of alkyl halides is 1. The van der Waals surface area contributed by atoms with Crippen molar-refractivity contribution in [1.29, 1.82) is 0 Å². The zero-order chi connectivity index (χ0) is 23.3. The molecule has 1 saturated heterocycles. The number of nitrogens with zero attached hydrogens (tertiary/aromatic N) is 1. The number of aromatic nitrogens is 2. The molecule has 0 amide bonds. The highest BCUT2D eigenvalue weighted by molar-refractivity contribution is 5.89. The van der Waals surface area contributed by atoms with E-state index in [1.165, 1.54) is 32.0 Å². The lowest BCUT2D eigenvalue weighted by molar-refractivity contribution is -0.174. The molecular formula is C20H20F2N2O7. The molecule has 1 aromatic carbocycles. The van der Waals surface area contributed by atoms with Crippen molar-refractivity contribution >= 4 is 11.9 Å². The minimum Gasteiger partial charge on any atom is -0.478 e. The van der Waals surface area contributed by atoms with E-state index in [1.807, 2.05) is 0 Å². The van der Waals surface area contributed by atoms with Crippen LogP contribution in [0.4, 0.5) is 8.78 Å². The molecule has 2 aromatic rings. The Morgan fingerprint density at radius 2 is 1.94 bits per heavy atom. The van der Waals surface area contributed by atoms with Gasteiger partial charge in [0.1, 0.15) is 6.10 Å². The lowest BCUT2D eigenvalue weighted by atomic mass is 9.80. The number of hydrogen-bond acceptors (Lipinski definition) is 6. The molecule has 0 bridgehead atoms. The Bertz CT molecular complexity index is 1190. The Hall–Kier alpha value is -3.34. The minimum absolute atomic E-state index is 0.0810. The van der Waals surface area contributed by atoms with E-state index in [0.29, 0.717) is 10.8 Å². The lowest BCUT2D eigenvalue weighted by Crippen LogP contribution is -2.52. The minimum atomic E-state index is -2.61. The van der Waals surface area contributed by atoms with Crippen molar-refractivity contribution in [2.24, 2.45) is 0 Å². The number of benzene rings is 1. The van der Waals surface area contributed by atoms with E-state index in [4.69, 9.17) is 9.47 Å². The molecule has 0 radical (unpaired) electrons. The van der Waals surface area contributed by atoms with Crippen molar-refractivity contribution in [3.05, 3.63) is 67.7 Å². The van der Waals surface area contributed by atoms with Crippen LogP contribution in [0.15, 0.2) is 34.0 Å². The first kappa shape index (κ1) is 22.3. The van der Waals surface area contributed by atoms with Crippen LogP contribution in [0.3, 0.4) is 0 Å². The number of aromatic amines is 1. The summed E-state index contributed by atoms with van der Waals surface area (Å²) in [6.07, 6.45) is -2.67. The van der Waals surface area contributed by atoms with Gasteiger partial charge in [0.25, 0.3) is 5.56 Å². The lowest BCUT2D eigenvalue weighted by Gasteiger charge is -2.37. The van der Waals surface area contributed by atoms with Crippen LogP contribution in [-0.4, -0.2) is 37.9 Å². The number of esters is 1. The summed E-state index contributed by atoms with van der Waals surface area (Å²) in [6, 6.07) is 4.23. The molecule has 3 rings (SSSR count). The van der Waals surface area contributed by atoms with Gasteiger partial charge in [-0.1, -0.05) is 12.1 Å². The Morgan fingerprint density at radius 1 is 1.29 bits per heavy atom. The number of halogens is 2. The molecule has 2 heterocycles. The summed E-state index contributed by atoms with van der Waals surface area (Å²) in [5, 5.41) is 9.41. The summed E-state index contributed by atoms with van der Waals surface area (Å²) in [5.41, 5.74) is -6.72. The Kier molecular flexibility index (Phi) is 5.34. The van der Waals surface area contributed by atoms with Crippen LogP contribution >= 0.6 is 0 Å². The van der Waals surface area contributed by atoms with Gasteiger partial charge in [0.2, 0.25) is 5.82 Å². The number of carboxylic acid groups (broad SMARTS) is 1. The van der Waals surface area contributed by atoms with Crippen LogP contribution in [0, 0.1) is 12.7 Å². The summed E-state index contributed by atoms with van der Waals surface area (Å²) < 4.78 is 41.7. The zero-order valence-corrected chi connectivity index (χ0v) is 17.1. The summed E-state index contributed by atoms with van der Waals surface area (Å²) in [4.78, 5) is 48.7. The number of carbonyl (C=O) groups excluding carboxylic acids is 1. The Morgan fingerprint density at radius 3 is 2.52 bits per heavy atom. The van der Waals surface area contributed by atoms with Gasteiger partial charge in [0.05, 0.1) is 11.8 Å². The van der Waals surface area contributed by atoms with Gasteiger partial charge in [-0.25, -0.2) is 14.0 Å². The molecule has 11 heteroatoms. The number of hydrogen-bond donors (Lipinski definition) is 2. The molecule has 166 valence electrons. The highest BCUT2D eigenvalue weighted by atomic mass is 19.1. The molecule has 1 aliphatic heterocycles. The normalized spacial score (nSPS) is 27.8. The first-order valence-electron chi connectivity index (χ1n) is 9.19. The molecule has 2 N–H and O–H groups in total. The van der Waals surface area contributed by atoms with Crippen molar-refractivity contribution in [2.45, 2.75) is 51.3 Å². The maximum atomic E-state index is 16.2. The number of H-pyrrole nitrogens is 1. The second kappa shape index (κ2) is 7.41. The zero-order valence-electron chi connectivity index (χ0n) is 17.1. The largest absolute Gasteiger partial charge is 0.478 e. The van der Waals surface area contributed by atoms with E-state index >= 15 is 4.39 Å². The van der Waals surface area contributed by atoms with E-state index in [0.717, 1.165) is 13.8 Å². The first-order chi connectivity index (χ1) is 14.3. The number of rotatable bonds is 4. The monoisotopic (exact) mass is 438 g/mol. The fourth-order valence-corrected chi connectivity index (χ4v) is 3.84. The van der Waals surface area contributed by atoms with Crippen LogP contribution < -0.4 is 11.2 Å². The van der Waals surface area contributed by atoms with E-state index < -0.39 is 52.6 Å². The van der Waals surface area contributed by atoms with Crippen molar-refractivity contribution in [2.75, 3.05) is 0 Å². The van der Waals surface area contributed by atoms with Crippen LogP contribution in [0.2, 0.25) is 0 Å². The number of ether oxygens (including phenoxy) is 2. The fraction of sp³-hybridized carbons (Fsp3) is 0.400. The van der Waals surface area contributed by atoms with E-state index in [9.17, 15) is 28.7 Å². The van der Waals surface area contributed by atoms with Crippen LogP contribution in [0.25, 0.3) is 0 Å². The van der Waals surface area contributed by atoms with Crippen LogP contribution in [0.1, 0.15) is 54.6 Å². The molecule has 4 atom stereocenters. The second-order valence-corrected chi connectivity index (χ2v) is 7.61. The molecule has 1 aliphatic rings. The molecule has 1 fully saturated rings. The van der Waals surface area contributed by atoms with Gasteiger partial charge in [-0.15, -0.1) is 0 Å². The van der Waals surface area contributed by atoms with Crippen LogP contribution in [0.5, 0.6) is 0 Å². The number of carboxylic acids is 1. The highest BCUT2D eigenvalue weighted by Gasteiger charge is 2.67. The SMILES string of the molecule is CC(=O)O[C@]1(C)[C@@H](c2cccc(C(=O)O)c2C)O[C@H](n2cc(F)c(=O)[nH]c2=O)[C@]1(C)F. The van der Waals surface area contributed by atoms with Gasteiger partial charge >= 0.3 is 17.6 Å². The van der Waals surface area contributed by atoms with Gasteiger partial charge < -0.3 is 14.6 Å². The quantitative estimate of drug-likeness (QED) is 0.699. The predicted octanol–water partition coefficient (Wildman–Crippen LogP) is 2.00. The smallest absolute Gasteiger partial charge is 0.335 e. The maximum Gasteiger partial charge on any atom is 0.335 e. The van der Waals surface area contributed by atoms with Crippen molar-refractivity contribution in [3.8, 4) is 0 Å². The van der Waals surface area contributed by atoms with Gasteiger partial charge in [0.15, 0.2) is 17.5 Å². The van der Waals surface area contributed by atoms with Gasteiger partial charge in [0, 0.05) is 6.92 Å². The Labute approximate surface area is 174 Å². The van der Waals surface area contributed by atoms with Gasteiger partial charge in [-0.2, -0.15) is 4.39 Å². The predicted molar refractivity (Wildman–Crippen MR) is 102 cm³/mol. The van der Waals surface area contributed by atoms with E-state index in [1.54, 1.807) is 4.98 Å². The molecule has 0 spiro atoms. The third kappa shape index (κ3) is 3.44. The van der Waals surface area contributed by atoms with Crippen LogP contribution in [-0.2, 0) is 14.3 Å². The third-order valence-corrected chi connectivity index (χ3v) is 5.62. The molecule has 0 unspecified atom stereocenters. The van der Waals surface area contributed by atoms with Gasteiger partial charge in [-0.3, -0.25) is 19.1 Å². The molecule has 0 aliphatic carbocycles. The topological polar surface area (TPSA) is 128 Å². The molecular weight excluding hydrogens is 418 g/mol. The van der Waals surface area contributed by atoms with Crippen molar-refractivity contribution < 1.29 is 33.0 Å². The summed E-state index contributed by atoms with van der Waals surface area (Å²) >= 11 is 0. The number of aromatic carboxylic acids is 1. The van der Waals surface area contributed by atoms with Gasteiger partial charge in [-0.05, 0) is 38.0 Å². The number of nitrogens with one attached hydrogen (secondary N) is 1. The average molecular weight is 438 g/mol. The standard InChI is InChI=1S/C20H20F2N2O7/c1-9-11(6-5-7-12(9)16(27)28)14-20(4,31-10(2)25)19(3,22)17(30-14)24-8-13(21)15(26)23-18(24)29/h5-8,14,17H,1-4H3,(H,27,28)(H,23,26,29)/t14-,17+,19+,20-/m1/s1. The fourth-order valence-electron chi connectivity index (χ4n) is 3.84. The molecule has 31 heavy (non-hydrogen) atoms. The average Bonchev–Trinajstić information content (AvgIpc) is 2.84. The summed E-state index contributed by atoms with van der Waals surface area (Å²) in [6.45, 7) is 4.77. The third-order valence-electron chi connectivity index (χ3n) is 5.62. The van der Waals surface area contributed by atoms with Crippen molar-refractivity contribution in [1.82, 2.24) is 9.55 Å². The first-order valence-corrected chi connectivity index (χ1v) is 9.19. The molecule has 9 nitrogen and oxygen atoms in total. The molecule has 0 saturated carbocycles. The summed E-state index contributed by atoms with van der Waals surface area (Å²) in [5.74, 6) is -3.43. The Balaban J connectivity index is 2.25.